The number of alkyl halides is 3. The molecule has 2 aromatic carbocycles. The third kappa shape index (κ3) is 5.60. The third-order valence-corrected chi connectivity index (χ3v) is 6.26. The molecule has 172 valence electrons. The summed E-state index contributed by atoms with van der Waals surface area (Å²) in [5, 5.41) is 5.09. The molecule has 0 unspecified atom stereocenters. The van der Waals surface area contributed by atoms with E-state index in [4.69, 9.17) is 4.74 Å². The Bertz CT molecular complexity index is 1220. The highest BCUT2D eigenvalue weighted by Gasteiger charge is 2.31. The molecule has 3 aromatic rings. The number of esters is 1. The zero-order chi connectivity index (χ0) is 24.3. The first-order valence-corrected chi connectivity index (χ1v) is 10.9. The topological polar surface area (TPSA) is 84.5 Å². The zero-order valence-electron chi connectivity index (χ0n) is 17.2. The van der Waals surface area contributed by atoms with Gasteiger partial charge in [0, 0.05) is 15.7 Å². The molecule has 1 heterocycles. The van der Waals surface area contributed by atoms with E-state index in [2.05, 4.69) is 26.6 Å². The van der Waals surface area contributed by atoms with Gasteiger partial charge in [0.1, 0.15) is 5.00 Å². The van der Waals surface area contributed by atoms with E-state index in [-0.39, 0.29) is 26.7 Å². The van der Waals surface area contributed by atoms with Crippen LogP contribution in [-0.4, -0.2) is 24.9 Å². The van der Waals surface area contributed by atoms with Gasteiger partial charge < -0.3 is 15.4 Å². The number of hydrogen-bond donors (Lipinski definition) is 2. The monoisotopic (exact) mass is 540 g/mol. The summed E-state index contributed by atoms with van der Waals surface area (Å²) in [5.41, 5.74) is -0.455. The van der Waals surface area contributed by atoms with Crippen molar-refractivity contribution in [2.45, 2.75) is 13.1 Å². The fourth-order valence-corrected chi connectivity index (χ4v) is 4.25. The lowest BCUT2D eigenvalue weighted by atomic mass is 10.1. The first-order chi connectivity index (χ1) is 15.5. The van der Waals surface area contributed by atoms with E-state index in [0.29, 0.717) is 5.56 Å². The number of benzene rings is 2. The highest BCUT2D eigenvalue weighted by atomic mass is 79.9. The average Bonchev–Trinajstić information content (AvgIpc) is 3.09. The SMILES string of the molecule is COC(=O)c1c(NC(=O)c2ccc(Br)cc2)sc(C(=O)Nc2cccc(C(F)(F)F)c2)c1C. The molecule has 6 nitrogen and oxygen atoms in total. The van der Waals surface area contributed by atoms with Crippen molar-refractivity contribution >= 4 is 55.7 Å². The lowest BCUT2D eigenvalue weighted by Crippen LogP contribution is -2.14. The molecular formula is C22H16BrF3N2O4S. The predicted octanol–water partition coefficient (Wildman–Crippen LogP) is 6.13. The van der Waals surface area contributed by atoms with Gasteiger partial charge in [0.15, 0.2) is 0 Å². The highest BCUT2D eigenvalue weighted by Crippen LogP contribution is 2.35. The Labute approximate surface area is 198 Å². The molecule has 33 heavy (non-hydrogen) atoms. The second-order valence-electron chi connectivity index (χ2n) is 6.75. The number of ether oxygens (including phenoxy) is 1. The van der Waals surface area contributed by atoms with E-state index in [9.17, 15) is 27.6 Å². The molecule has 0 saturated carbocycles. The van der Waals surface area contributed by atoms with E-state index >= 15 is 0 Å². The summed E-state index contributed by atoms with van der Waals surface area (Å²) in [4.78, 5) is 37.8. The summed E-state index contributed by atoms with van der Waals surface area (Å²) in [6.45, 7) is 1.49. The van der Waals surface area contributed by atoms with Crippen LogP contribution in [0.2, 0.25) is 0 Å². The van der Waals surface area contributed by atoms with Crippen molar-refractivity contribution in [3.05, 3.63) is 80.1 Å². The normalized spacial score (nSPS) is 11.1. The standard InChI is InChI=1S/C22H16BrF3N2O4S/c1-11-16(21(31)32-2)20(28-18(29)12-6-8-14(23)9-7-12)33-17(11)19(30)27-15-5-3-4-13(10-15)22(24,25)26/h3-10H,1-2H3,(H,27,30)(H,28,29). The number of nitrogens with one attached hydrogen (secondary N) is 2. The van der Waals surface area contributed by atoms with Crippen LogP contribution < -0.4 is 10.6 Å². The van der Waals surface area contributed by atoms with Crippen molar-refractivity contribution in [3.8, 4) is 0 Å². The molecular weight excluding hydrogens is 525 g/mol. The molecule has 11 heteroatoms. The van der Waals surface area contributed by atoms with Crippen LogP contribution >= 0.6 is 27.3 Å². The number of thiophene rings is 1. The maximum absolute atomic E-state index is 13.0. The van der Waals surface area contributed by atoms with E-state index in [0.717, 1.165) is 35.1 Å². The van der Waals surface area contributed by atoms with E-state index < -0.39 is 29.5 Å². The van der Waals surface area contributed by atoms with Crippen molar-refractivity contribution in [3.63, 3.8) is 0 Å². The largest absolute Gasteiger partial charge is 0.465 e. The number of anilines is 2. The molecule has 0 spiro atoms. The fourth-order valence-electron chi connectivity index (χ4n) is 2.90. The summed E-state index contributed by atoms with van der Waals surface area (Å²) in [5.74, 6) is -2.02. The van der Waals surface area contributed by atoms with Gasteiger partial charge in [-0.25, -0.2) is 4.79 Å². The van der Waals surface area contributed by atoms with Gasteiger partial charge in [0.25, 0.3) is 11.8 Å². The van der Waals surface area contributed by atoms with Crippen LogP contribution in [0, 0.1) is 6.92 Å². The second kappa shape index (κ2) is 9.75. The van der Waals surface area contributed by atoms with E-state index in [1.807, 2.05) is 0 Å². The minimum absolute atomic E-state index is 0.0119. The fraction of sp³-hybridized carbons (Fsp3) is 0.136. The van der Waals surface area contributed by atoms with Crippen LogP contribution in [0.4, 0.5) is 23.9 Å². The molecule has 0 atom stereocenters. The maximum atomic E-state index is 13.0. The highest BCUT2D eigenvalue weighted by molar-refractivity contribution is 9.10. The van der Waals surface area contributed by atoms with Gasteiger partial charge >= 0.3 is 12.1 Å². The number of amides is 2. The molecule has 2 N–H and O–H groups in total. The van der Waals surface area contributed by atoms with Crippen LogP contribution in [0.1, 0.15) is 41.5 Å². The van der Waals surface area contributed by atoms with Gasteiger partial charge in [-0.2, -0.15) is 13.2 Å². The number of halogens is 4. The van der Waals surface area contributed by atoms with Crippen molar-refractivity contribution in [1.29, 1.82) is 0 Å². The lowest BCUT2D eigenvalue weighted by molar-refractivity contribution is -0.137. The van der Waals surface area contributed by atoms with Gasteiger partial charge in [-0.15, -0.1) is 11.3 Å². The molecule has 0 saturated heterocycles. The number of methoxy groups -OCH3 is 1. The Hall–Kier alpha value is -3.18. The van der Waals surface area contributed by atoms with E-state index in [1.165, 1.54) is 19.1 Å². The van der Waals surface area contributed by atoms with E-state index in [1.54, 1.807) is 24.3 Å². The average molecular weight is 541 g/mol. The molecule has 0 radical (unpaired) electrons. The molecule has 2 amide bonds. The van der Waals surface area contributed by atoms with Crippen molar-refractivity contribution in [1.82, 2.24) is 0 Å². The first-order valence-electron chi connectivity index (χ1n) is 9.28. The quantitative estimate of drug-likeness (QED) is 0.381. The second-order valence-corrected chi connectivity index (χ2v) is 8.68. The molecule has 0 bridgehead atoms. The van der Waals surface area contributed by atoms with Crippen LogP contribution in [0.3, 0.4) is 0 Å². The lowest BCUT2D eigenvalue weighted by Gasteiger charge is -2.09. The van der Waals surface area contributed by atoms with Crippen molar-refractivity contribution < 1.29 is 32.3 Å². The first kappa shape index (κ1) is 24.5. The third-order valence-electron chi connectivity index (χ3n) is 4.52. The maximum Gasteiger partial charge on any atom is 0.416 e. The molecule has 0 aliphatic heterocycles. The Morgan fingerprint density at radius 3 is 2.27 bits per heavy atom. The van der Waals surface area contributed by atoms with Crippen molar-refractivity contribution in [2.24, 2.45) is 0 Å². The van der Waals surface area contributed by atoms with Gasteiger partial charge in [-0.05, 0) is 55.0 Å². The summed E-state index contributed by atoms with van der Waals surface area (Å²) in [7, 11) is 1.15. The summed E-state index contributed by atoms with van der Waals surface area (Å²) in [6.07, 6.45) is -4.57. The van der Waals surface area contributed by atoms with Crippen LogP contribution in [0.5, 0.6) is 0 Å². The molecule has 0 aliphatic carbocycles. The number of rotatable bonds is 5. The van der Waals surface area contributed by atoms with Crippen molar-refractivity contribution in [2.75, 3.05) is 17.7 Å². The van der Waals surface area contributed by atoms with Gasteiger partial charge in [-0.3, -0.25) is 9.59 Å². The van der Waals surface area contributed by atoms with Crippen LogP contribution in [-0.2, 0) is 10.9 Å². The molecule has 1 aromatic heterocycles. The Kier molecular flexibility index (Phi) is 7.23. The number of carbonyl (C=O) groups excluding carboxylic acids is 3. The molecule has 0 fully saturated rings. The van der Waals surface area contributed by atoms with Gasteiger partial charge in [-0.1, -0.05) is 22.0 Å². The smallest absolute Gasteiger partial charge is 0.416 e. The number of hydrogen-bond acceptors (Lipinski definition) is 5. The number of carbonyl (C=O) groups is 3. The van der Waals surface area contributed by atoms with Crippen LogP contribution in [0.25, 0.3) is 0 Å². The summed E-state index contributed by atoms with van der Waals surface area (Å²) < 4.78 is 44.4. The molecule has 0 aliphatic rings. The summed E-state index contributed by atoms with van der Waals surface area (Å²) >= 11 is 4.09. The van der Waals surface area contributed by atoms with Gasteiger partial charge in [0.05, 0.1) is 23.1 Å². The summed E-state index contributed by atoms with van der Waals surface area (Å²) in [6, 6.07) is 10.7. The Morgan fingerprint density at radius 1 is 1.00 bits per heavy atom. The van der Waals surface area contributed by atoms with Crippen LogP contribution in [0.15, 0.2) is 53.0 Å². The predicted molar refractivity (Wildman–Crippen MR) is 122 cm³/mol. The Balaban J connectivity index is 1.92. The zero-order valence-corrected chi connectivity index (χ0v) is 19.6. The minimum Gasteiger partial charge on any atom is -0.465 e. The minimum atomic E-state index is -4.57. The molecule has 3 rings (SSSR count). The Morgan fingerprint density at radius 2 is 1.67 bits per heavy atom. The van der Waals surface area contributed by atoms with Gasteiger partial charge in [0.2, 0.25) is 0 Å².